The Morgan fingerprint density at radius 1 is 0.926 bits per heavy atom. The summed E-state index contributed by atoms with van der Waals surface area (Å²) < 4.78 is 5.97. The molecule has 4 nitrogen and oxygen atoms in total. The zero-order valence-electron chi connectivity index (χ0n) is 16.9. The number of ether oxygens (including phenoxy) is 1. The number of aryl methyl sites for hydroxylation is 3. The maximum atomic E-state index is 7.98. The molecule has 0 atom stereocenters. The lowest BCUT2D eigenvalue weighted by Crippen LogP contribution is -2.28. The van der Waals surface area contributed by atoms with E-state index < -0.39 is 0 Å². The van der Waals surface area contributed by atoms with Crippen molar-refractivity contribution in [1.82, 2.24) is 0 Å². The summed E-state index contributed by atoms with van der Waals surface area (Å²) in [7, 11) is 0. The molecule has 1 aliphatic heterocycles. The Hall–Kier alpha value is -2.88. The minimum absolute atomic E-state index is 0.0634. The van der Waals surface area contributed by atoms with Crippen molar-refractivity contribution < 1.29 is 4.74 Å². The molecule has 0 spiro atoms. The Morgan fingerprint density at radius 3 is 2.07 bits per heavy atom. The van der Waals surface area contributed by atoms with E-state index in [2.05, 4.69) is 51.7 Å². The molecular weight excluding hydrogens is 334 g/mol. The lowest BCUT2D eigenvalue weighted by molar-refractivity contribution is 0.441. The third-order valence-electron chi connectivity index (χ3n) is 4.99. The molecule has 0 saturated carbocycles. The second-order valence-corrected chi connectivity index (χ2v) is 8.11. The van der Waals surface area contributed by atoms with E-state index in [4.69, 9.17) is 15.6 Å². The van der Waals surface area contributed by atoms with Gasteiger partial charge in [-0.3, -0.25) is 0 Å². The Bertz CT molecular complexity index is 941. The van der Waals surface area contributed by atoms with Crippen LogP contribution < -0.4 is 9.64 Å². The second kappa shape index (κ2) is 6.69. The van der Waals surface area contributed by atoms with E-state index in [1.807, 2.05) is 25.1 Å². The van der Waals surface area contributed by atoms with E-state index in [1.165, 1.54) is 18.0 Å². The van der Waals surface area contributed by atoms with Crippen LogP contribution in [0.1, 0.15) is 43.0 Å². The standard InChI is InChI=1S/C23H27N3O/c1-14-8-7-9-18-22(14)27-20(13-25)19(12-24)26(18)21-15(2)10-17(11-16(21)3)23(4,5)6/h7-13,24-25H,1-6H3. The Morgan fingerprint density at radius 2 is 1.56 bits per heavy atom. The number of hydrogen-bond acceptors (Lipinski definition) is 4. The van der Waals surface area contributed by atoms with E-state index in [0.717, 1.165) is 33.8 Å². The number of rotatable bonds is 3. The van der Waals surface area contributed by atoms with Crippen LogP contribution >= 0.6 is 0 Å². The molecule has 27 heavy (non-hydrogen) atoms. The predicted octanol–water partition coefficient (Wildman–Crippen LogP) is 5.95. The van der Waals surface area contributed by atoms with Crippen molar-refractivity contribution in [2.75, 3.05) is 4.90 Å². The first-order chi connectivity index (χ1) is 12.7. The number of para-hydroxylation sites is 1. The van der Waals surface area contributed by atoms with Gasteiger partial charge in [0, 0.05) is 6.21 Å². The molecule has 4 heteroatoms. The topological polar surface area (TPSA) is 60.2 Å². The average Bonchev–Trinajstić information content (AvgIpc) is 2.60. The molecule has 0 unspecified atom stereocenters. The van der Waals surface area contributed by atoms with Crippen molar-refractivity contribution in [2.24, 2.45) is 0 Å². The van der Waals surface area contributed by atoms with Crippen molar-refractivity contribution in [2.45, 2.75) is 47.0 Å². The SMILES string of the molecule is Cc1cccc2c1OC(C=N)=C(C=N)N2c1c(C)cc(C(C)(C)C)cc1C. The maximum Gasteiger partial charge on any atom is 0.170 e. The predicted molar refractivity (Wildman–Crippen MR) is 113 cm³/mol. The first-order valence-electron chi connectivity index (χ1n) is 9.13. The van der Waals surface area contributed by atoms with Crippen molar-refractivity contribution in [3.63, 3.8) is 0 Å². The van der Waals surface area contributed by atoms with Gasteiger partial charge in [-0.1, -0.05) is 45.0 Å². The normalized spacial score (nSPS) is 13.9. The quantitative estimate of drug-likeness (QED) is 0.664. The number of fused-ring (bicyclic) bond motifs is 1. The summed E-state index contributed by atoms with van der Waals surface area (Å²) in [5.74, 6) is 1.12. The van der Waals surface area contributed by atoms with E-state index in [9.17, 15) is 0 Å². The van der Waals surface area contributed by atoms with Crippen LogP contribution in [-0.2, 0) is 5.41 Å². The van der Waals surface area contributed by atoms with Crippen molar-refractivity contribution in [3.8, 4) is 5.75 Å². The molecule has 2 aromatic rings. The van der Waals surface area contributed by atoms with Crippen LogP contribution in [0.4, 0.5) is 11.4 Å². The highest BCUT2D eigenvalue weighted by Crippen LogP contribution is 2.46. The van der Waals surface area contributed by atoms with Gasteiger partial charge in [-0.25, -0.2) is 0 Å². The molecule has 0 aromatic heterocycles. The van der Waals surface area contributed by atoms with E-state index in [0.29, 0.717) is 11.5 Å². The van der Waals surface area contributed by atoms with Crippen LogP contribution in [-0.4, -0.2) is 12.4 Å². The maximum absolute atomic E-state index is 7.98. The first-order valence-corrected chi connectivity index (χ1v) is 9.13. The fourth-order valence-electron chi connectivity index (χ4n) is 3.57. The monoisotopic (exact) mass is 361 g/mol. The second-order valence-electron chi connectivity index (χ2n) is 8.11. The molecule has 0 amide bonds. The van der Waals surface area contributed by atoms with Gasteiger partial charge in [-0.2, -0.15) is 0 Å². The molecule has 140 valence electrons. The molecule has 0 fully saturated rings. The number of nitrogens with zero attached hydrogens (tertiary/aromatic N) is 1. The summed E-state index contributed by atoms with van der Waals surface area (Å²) in [4.78, 5) is 2.05. The summed E-state index contributed by atoms with van der Waals surface area (Å²) in [6, 6.07) is 10.4. The Balaban J connectivity index is 2.32. The van der Waals surface area contributed by atoms with Gasteiger partial charge in [-0.05, 0) is 54.5 Å². The van der Waals surface area contributed by atoms with Crippen LogP contribution in [0.15, 0.2) is 41.8 Å². The van der Waals surface area contributed by atoms with Gasteiger partial charge in [-0.15, -0.1) is 0 Å². The van der Waals surface area contributed by atoms with E-state index in [-0.39, 0.29) is 5.41 Å². The third-order valence-corrected chi connectivity index (χ3v) is 4.99. The third kappa shape index (κ3) is 3.16. The number of nitrogens with one attached hydrogen (secondary N) is 2. The van der Waals surface area contributed by atoms with Crippen molar-refractivity contribution in [1.29, 1.82) is 10.8 Å². The molecule has 0 saturated heterocycles. The first kappa shape index (κ1) is 18.9. The minimum Gasteiger partial charge on any atom is -0.451 e. The van der Waals surface area contributed by atoms with E-state index >= 15 is 0 Å². The minimum atomic E-state index is 0.0634. The lowest BCUT2D eigenvalue weighted by Gasteiger charge is -2.35. The lowest BCUT2D eigenvalue weighted by atomic mass is 9.84. The highest BCUT2D eigenvalue weighted by molar-refractivity contribution is 5.98. The molecule has 3 rings (SSSR count). The molecule has 0 radical (unpaired) electrons. The summed E-state index contributed by atoms with van der Waals surface area (Å²) in [5, 5.41) is 15.8. The van der Waals surface area contributed by atoms with Gasteiger partial charge in [0.15, 0.2) is 11.5 Å². The largest absolute Gasteiger partial charge is 0.451 e. The zero-order valence-corrected chi connectivity index (χ0v) is 16.9. The molecular formula is C23H27N3O. The van der Waals surface area contributed by atoms with Crippen LogP contribution in [0.2, 0.25) is 0 Å². The van der Waals surface area contributed by atoms with Crippen molar-refractivity contribution >= 4 is 23.8 Å². The number of hydrogen-bond donors (Lipinski definition) is 2. The van der Waals surface area contributed by atoms with Crippen molar-refractivity contribution in [3.05, 3.63) is 64.0 Å². The molecule has 0 aliphatic carbocycles. The molecule has 0 bridgehead atoms. The Labute approximate surface area is 161 Å². The molecule has 1 aliphatic rings. The van der Waals surface area contributed by atoms with Gasteiger partial charge in [0.25, 0.3) is 0 Å². The summed E-state index contributed by atoms with van der Waals surface area (Å²) in [6.45, 7) is 12.8. The molecule has 2 N–H and O–H groups in total. The summed E-state index contributed by atoms with van der Waals surface area (Å²) >= 11 is 0. The average molecular weight is 361 g/mol. The zero-order chi connectivity index (χ0) is 19.9. The van der Waals surface area contributed by atoms with Gasteiger partial charge in [0.1, 0.15) is 5.70 Å². The smallest absolute Gasteiger partial charge is 0.170 e. The van der Waals surface area contributed by atoms with Crippen LogP contribution in [0.25, 0.3) is 0 Å². The van der Waals surface area contributed by atoms with Gasteiger partial charge in [0.05, 0.1) is 17.6 Å². The van der Waals surface area contributed by atoms with Gasteiger partial charge in [0.2, 0.25) is 0 Å². The summed E-state index contributed by atoms with van der Waals surface area (Å²) in [6.07, 6.45) is 2.44. The Kier molecular flexibility index (Phi) is 4.68. The van der Waals surface area contributed by atoms with Crippen LogP contribution in [0.3, 0.4) is 0 Å². The fraction of sp³-hybridized carbons (Fsp3) is 0.304. The molecule has 2 aromatic carbocycles. The fourth-order valence-corrected chi connectivity index (χ4v) is 3.57. The van der Waals surface area contributed by atoms with Crippen LogP contribution in [0, 0.1) is 31.6 Å². The van der Waals surface area contributed by atoms with E-state index in [1.54, 1.807) is 0 Å². The van der Waals surface area contributed by atoms with Crippen LogP contribution in [0.5, 0.6) is 5.75 Å². The van der Waals surface area contributed by atoms with Gasteiger partial charge < -0.3 is 20.5 Å². The number of anilines is 2. The highest BCUT2D eigenvalue weighted by atomic mass is 16.5. The number of benzene rings is 2. The number of allylic oxidation sites excluding steroid dienone is 2. The molecule has 1 heterocycles. The highest BCUT2D eigenvalue weighted by Gasteiger charge is 2.30. The van der Waals surface area contributed by atoms with Gasteiger partial charge >= 0.3 is 0 Å². The summed E-state index contributed by atoms with van der Waals surface area (Å²) in [5.41, 5.74) is 7.13.